The number of thioether (sulfide) groups is 1. The van der Waals surface area contributed by atoms with Crippen molar-refractivity contribution in [3.8, 4) is 0 Å². The number of aryl methyl sites for hydroxylation is 1. The zero-order valence-corrected chi connectivity index (χ0v) is 8.96. The van der Waals surface area contributed by atoms with E-state index in [4.69, 9.17) is 0 Å². The van der Waals surface area contributed by atoms with Crippen molar-refractivity contribution in [2.75, 3.05) is 14.1 Å². The summed E-state index contributed by atoms with van der Waals surface area (Å²) in [6.07, 6.45) is 0. The SMILES string of the molecule is Cc1csc(SC(=O)N(C)C)c1. The Labute approximate surface area is 80.6 Å². The molecule has 0 unspecified atom stereocenters. The van der Waals surface area contributed by atoms with Crippen LogP contribution in [0.15, 0.2) is 15.7 Å². The molecule has 0 N–H and O–H groups in total. The van der Waals surface area contributed by atoms with E-state index in [0.717, 1.165) is 4.21 Å². The fraction of sp³-hybridized carbons (Fsp3) is 0.375. The maximum absolute atomic E-state index is 11.2. The summed E-state index contributed by atoms with van der Waals surface area (Å²) < 4.78 is 1.06. The van der Waals surface area contributed by atoms with Gasteiger partial charge in [0.15, 0.2) is 0 Å². The minimum atomic E-state index is 0.0804. The van der Waals surface area contributed by atoms with Crippen LogP contribution < -0.4 is 0 Å². The van der Waals surface area contributed by atoms with Crippen molar-refractivity contribution in [1.82, 2.24) is 4.90 Å². The summed E-state index contributed by atoms with van der Waals surface area (Å²) in [5, 5.41) is 2.13. The first-order chi connectivity index (χ1) is 5.59. The van der Waals surface area contributed by atoms with Gasteiger partial charge in [0.25, 0.3) is 5.24 Å². The van der Waals surface area contributed by atoms with Crippen LogP contribution in [0.2, 0.25) is 0 Å². The normalized spacial score (nSPS) is 9.92. The molecule has 0 aliphatic rings. The average Bonchev–Trinajstić information content (AvgIpc) is 2.35. The Hall–Kier alpha value is -0.480. The molecule has 12 heavy (non-hydrogen) atoms. The highest BCUT2D eigenvalue weighted by Crippen LogP contribution is 2.27. The van der Waals surface area contributed by atoms with Crippen LogP contribution in [-0.4, -0.2) is 24.2 Å². The highest BCUT2D eigenvalue weighted by molar-refractivity contribution is 8.14. The first kappa shape index (κ1) is 9.61. The second-order valence-electron chi connectivity index (χ2n) is 2.71. The third kappa shape index (κ3) is 2.53. The Morgan fingerprint density at radius 3 is 2.67 bits per heavy atom. The Bertz CT molecular complexity index is 280. The van der Waals surface area contributed by atoms with E-state index < -0.39 is 0 Å². The number of amides is 1. The molecule has 0 aliphatic heterocycles. The number of hydrogen-bond acceptors (Lipinski definition) is 3. The zero-order chi connectivity index (χ0) is 9.14. The maximum atomic E-state index is 11.2. The molecule has 1 rings (SSSR count). The van der Waals surface area contributed by atoms with Crippen LogP contribution in [0.3, 0.4) is 0 Å². The predicted molar refractivity (Wildman–Crippen MR) is 54.0 cm³/mol. The van der Waals surface area contributed by atoms with Gasteiger partial charge in [-0.05, 0) is 35.7 Å². The van der Waals surface area contributed by atoms with Crippen molar-refractivity contribution < 1.29 is 4.79 Å². The summed E-state index contributed by atoms with van der Waals surface area (Å²) in [7, 11) is 3.52. The molecule has 1 amide bonds. The van der Waals surface area contributed by atoms with Crippen molar-refractivity contribution in [2.45, 2.75) is 11.1 Å². The van der Waals surface area contributed by atoms with Gasteiger partial charge in [-0.3, -0.25) is 4.79 Å². The van der Waals surface area contributed by atoms with Gasteiger partial charge in [-0.1, -0.05) is 0 Å². The summed E-state index contributed by atoms with van der Waals surface area (Å²) in [5.74, 6) is 0. The van der Waals surface area contributed by atoms with E-state index in [1.54, 1.807) is 30.3 Å². The molecule has 0 fully saturated rings. The number of rotatable bonds is 1. The monoisotopic (exact) mass is 201 g/mol. The Morgan fingerprint density at radius 2 is 2.25 bits per heavy atom. The largest absolute Gasteiger partial charge is 0.339 e. The molecule has 0 saturated carbocycles. The van der Waals surface area contributed by atoms with Crippen LogP contribution in [0.25, 0.3) is 0 Å². The van der Waals surface area contributed by atoms with Gasteiger partial charge in [0.2, 0.25) is 0 Å². The van der Waals surface area contributed by atoms with Gasteiger partial charge >= 0.3 is 0 Å². The third-order valence-electron chi connectivity index (χ3n) is 1.26. The molecule has 1 aromatic rings. The van der Waals surface area contributed by atoms with E-state index in [1.807, 2.05) is 18.4 Å². The van der Waals surface area contributed by atoms with Gasteiger partial charge in [0.05, 0.1) is 4.21 Å². The summed E-state index contributed by atoms with van der Waals surface area (Å²) >= 11 is 2.89. The molecular formula is C8H11NOS2. The topological polar surface area (TPSA) is 20.3 Å². The second-order valence-corrected chi connectivity index (χ2v) is 4.87. The van der Waals surface area contributed by atoms with Gasteiger partial charge < -0.3 is 4.90 Å². The standard InChI is InChI=1S/C8H11NOS2/c1-6-4-7(11-5-6)12-8(10)9(2)3/h4-5H,1-3H3. The molecule has 0 bridgehead atoms. The minimum absolute atomic E-state index is 0.0804. The molecule has 0 aromatic carbocycles. The van der Waals surface area contributed by atoms with Gasteiger partial charge in [0.1, 0.15) is 0 Å². The first-order valence-electron chi connectivity index (χ1n) is 3.54. The molecule has 1 heterocycles. The number of thiophene rings is 1. The van der Waals surface area contributed by atoms with Gasteiger partial charge in [-0.2, -0.15) is 0 Å². The quantitative estimate of drug-likeness (QED) is 0.651. The van der Waals surface area contributed by atoms with E-state index in [9.17, 15) is 4.79 Å². The van der Waals surface area contributed by atoms with E-state index in [2.05, 4.69) is 0 Å². The fourth-order valence-electron chi connectivity index (χ4n) is 0.636. The predicted octanol–water partition coefficient (Wildman–Crippen LogP) is 2.83. The number of carbonyl (C=O) groups excluding carboxylic acids is 1. The van der Waals surface area contributed by atoms with Gasteiger partial charge in [-0.25, -0.2) is 0 Å². The van der Waals surface area contributed by atoms with Crippen LogP contribution >= 0.6 is 23.1 Å². The van der Waals surface area contributed by atoms with Crippen LogP contribution in [0.1, 0.15) is 5.56 Å². The Balaban J connectivity index is 2.58. The third-order valence-corrected chi connectivity index (χ3v) is 3.50. The van der Waals surface area contributed by atoms with E-state index in [1.165, 1.54) is 17.3 Å². The highest BCUT2D eigenvalue weighted by Gasteiger charge is 2.07. The van der Waals surface area contributed by atoms with Crippen molar-refractivity contribution in [2.24, 2.45) is 0 Å². The van der Waals surface area contributed by atoms with E-state index in [-0.39, 0.29) is 5.24 Å². The van der Waals surface area contributed by atoms with Crippen molar-refractivity contribution >= 4 is 28.3 Å². The summed E-state index contributed by atoms with van der Waals surface area (Å²) in [6.45, 7) is 2.03. The lowest BCUT2D eigenvalue weighted by Crippen LogP contribution is -2.15. The molecule has 1 aromatic heterocycles. The molecule has 0 radical (unpaired) electrons. The molecule has 66 valence electrons. The smallest absolute Gasteiger partial charge is 0.286 e. The Morgan fingerprint density at radius 1 is 1.58 bits per heavy atom. The van der Waals surface area contributed by atoms with Gasteiger partial charge in [0, 0.05) is 14.1 Å². The van der Waals surface area contributed by atoms with Crippen molar-refractivity contribution in [3.05, 3.63) is 17.0 Å². The minimum Gasteiger partial charge on any atom is -0.339 e. The van der Waals surface area contributed by atoms with E-state index in [0.29, 0.717) is 0 Å². The number of hydrogen-bond donors (Lipinski definition) is 0. The summed E-state index contributed by atoms with van der Waals surface area (Å²) in [5.41, 5.74) is 1.22. The lowest BCUT2D eigenvalue weighted by Gasteiger charge is -2.06. The van der Waals surface area contributed by atoms with Crippen LogP contribution in [0, 0.1) is 6.92 Å². The maximum Gasteiger partial charge on any atom is 0.286 e. The first-order valence-corrected chi connectivity index (χ1v) is 5.23. The van der Waals surface area contributed by atoms with Crippen molar-refractivity contribution in [3.63, 3.8) is 0 Å². The summed E-state index contributed by atoms with van der Waals surface area (Å²) in [4.78, 5) is 12.8. The fourth-order valence-corrected chi connectivity index (χ4v) is 2.41. The highest BCUT2D eigenvalue weighted by atomic mass is 32.2. The molecule has 4 heteroatoms. The molecule has 0 saturated heterocycles. The number of nitrogens with zero attached hydrogens (tertiary/aromatic N) is 1. The Kier molecular flexibility index (Phi) is 3.17. The van der Waals surface area contributed by atoms with E-state index >= 15 is 0 Å². The van der Waals surface area contributed by atoms with Crippen LogP contribution in [0.5, 0.6) is 0 Å². The average molecular weight is 201 g/mol. The number of carbonyl (C=O) groups is 1. The van der Waals surface area contributed by atoms with Crippen LogP contribution in [-0.2, 0) is 0 Å². The van der Waals surface area contributed by atoms with Gasteiger partial charge in [-0.15, -0.1) is 11.3 Å². The molecule has 2 nitrogen and oxygen atoms in total. The molecular weight excluding hydrogens is 190 g/mol. The summed E-state index contributed by atoms with van der Waals surface area (Å²) in [6, 6.07) is 2.02. The van der Waals surface area contributed by atoms with Crippen LogP contribution in [0.4, 0.5) is 4.79 Å². The molecule has 0 atom stereocenters. The zero-order valence-electron chi connectivity index (χ0n) is 7.33. The van der Waals surface area contributed by atoms with Crippen molar-refractivity contribution in [1.29, 1.82) is 0 Å². The second kappa shape index (κ2) is 3.96. The molecule has 0 aliphatic carbocycles. The lowest BCUT2D eigenvalue weighted by atomic mass is 10.4. The lowest BCUT2D eigenvalue weighted by molar-refractivity contribution is 0.241. The molecule has 0 spiro atoms.